The van der Waals surface area contributed by atoms with Crippen molar-refractivity contribution in [2.24, 2.45) is 11.7 Å². The Kier molecular flexibility index (Phi) is 3.31. The Morgan fingerprint density at radius 3 is 2.44 bits per heavy atom. The van der Waals surface area contributed by atoms with Gasteiger partial charge in [-0.05, 0) is 17.9 Å². The summed E-state index contributed by atoms with van der Waals surface area (Å²) >= 11 is 0. The Labute approximate surface area is 98.4 Å². The molecule has 1 aliphatic heterocycles. The van der Waals surface area contributed by atoms with Crippen LogP contribution in [0.5, 0.6) is 0 Å². The van der Waals surface area contributed by atoms with Gasteiger partial charge in [-0.2, -0.15) is 0 Å². The van der Waals surface area contributed by atoms with Crippen molar-refractivity contribution >= 4 is 0 Å². The van der Waals surface area contributed by atoms with E-state index in [1.54, 1.807) is 0 Å². The van der Waals surface area contributed by atoms with Gasteiger partial charge < -0.3 is 5.73 Å². The van der Waals surface area contributed by atoms with E-state index in [1.165, 1.54) is 5.56 Å². The predicted octanol–water partition coefficient (Wildman–Crippen LogP) is 1.90. The molecule has 2 heteroatoms. The number of nitrogens with two attached hydrogens (primary N) is 1. The molecule has 0 saturated carbocycles. The minimum absolute atomic E-state index is 0.0662. The molecule has 0 bridgehead atoms. The van der Waals surface area contributed by atoms with E-state index in [0.717, 1.165) is 26.1 Å². The van der Waals surface area contributed by atoms with Crippen molar-refractivity contribution in [1.29, 1.82) is 0 Å². The van der Waals surface area contributed by atoms with Gasteiger partial charge in [0.1, 0.15) is 0 Å². The lowest BCUT2D eigenvalue weighted by Gasteiger charge is -2.50. The average molecular weight is 218 g/mol. The summed E-state index contributed by atoms with van der Waals surface area (Å²) in [5.41, 5.74) is 7.75. The highest BCUT2D eigenvalue weighted by molar-refractivity contribution is 5.15. The van der Waals surface area contributed by atoms with E-state index >= 15 is 0 Å². The first-order chi connectivity index (χ1) is 7.60. The Morgan fingerprint density at radius 1 is 1.25 bits per heavy atom. The number of likely N-dealkylation sites (tertiary alicyclic amines) is 1. The van der Waals surface area contributed by atoms with E-state index in [-0.39, 0.29) is 5.54 Å². The van der Waals surface area contributed by atoms with Crippen LogP contribution in [0.3, 0.4) is 0 Å². The van der Waals surface area contributed by atoms with Crippen molar-refractivity contribution in [2.75, 3.05) is 19.6 Å². The fourth-order valence-electron chi connectivity index (χ4n) is 2.24. The fourth-order valence-corrected chi connectivity index (χ4v) is 2.24. The molecule has 0 spiro atoms. The van der Waals surface area contributed by atoms with Gasteiger partial charge in [-0.1, -0.05) is 44.2 Å². The molecule has 0 aromatic heterocycles. The van der Waals surface area contributed by atoms with Crippen LogP contribution >= 0.6 is 0 Å². The summed E-state index contributed by atoms with van der Waals surface area (Å²) in [6.07, 6.45) is 1.13. The minimum Gasteiger partial charge on any atom is -0.323 e. The monoisotopic (exact) mass is 218 g/mol. The zero-order valence-corrected chi connectivity index (χ0v) is 10.3. The van der Waals surface area contributed by atoms with Gasteiger partial charge in [-0.25, -0.2) is 0 Å². The molecule has 0 radical (unpaired) electrons. The standard InChI is InChI=1S/C14H22N2/c1-12(2)14(15)10-16(11-14)9-8-13-6-4-3-5-7-13/h3-7,12H,8-11,15H2,1-2H3. The Morgan fingerprint density at radius 2 is 1.88 bits per heavy atom. The van der Waals surface area contributed by atoms with E-state index in [2.05, 4.69) is 49.1 Å². The molecule has 0 atom stereocenters. The highest BCUT2D eigenvalue weighted by Crippen LogP contribution is 2.25. The molecule has 1 saturated heterocycles. The van der Waals surface area contributed by atoms with Gasteiger partial charge in [0.15, 0.2) is 0 Å². The maximum Gasteiger partial charge on any atom is 0.0435 e. The molecule has 2 rings (SSSR count). The van der Waals surface area contributed by atoms with E-state index < -0.39 is 0 Å². The van der Waals surface area contributed by atoms with Crippen molar-refractivity contribution in [3.8, 4) is 0 Å². The van der Waals surface area contributed by atoms with Gasteiger partial charge in [0.25, 0.3) is 0 Å². The number of benzene rings is 1. The molecule has 0 aliphatic carbocycles. The van der Waals surface area contributed by atoms with Crippen molar-refractivity contribution in [3.05, 3.63) is 35.9 Å². The van der Waals surface area contributed by atoms with E-state index in [1.807, 2.05) is 0 Å². The van der Waals surface area contributed by atoms with Gasteiger partial charge in [0.2, 0.25) is 0 Å². The summed E-state index contributed by atoms with van der Waals surface area (Å²) in [6.45, 7) is 7.67. The molecule has 1 fully saturated rings. The van der Waals surface area contributed by atoms with E-state index in [4.69, 9.17) is 5.73 Å². The normalized spacial score (nSPS) is 19.8. The first-order valence-corrected chi connectivity index (χ1v) is 6.15. The summed E-state index contributed by atoms with van der Waals surface area (Å²) in [7, 11) is 0. The summed E-state index contributed by atoms with van der Waals surface area (Å²) < 4.78 is 0. The van der Waals surface area contributed by atoms with Crippen LogP contribution in [0.4, 0.5) is 0 Å². The molecule has 0 unspecified atom stereocenters. The number of rotatable bonds is 4. The summed E-state index contributed by atoms with van der Waals surface area (Å²) in [4.78, 5) is 2.45. The zero-order valence-electron chi connectivity index (χ0n) is 10.3. The highest BCUT2D eigenvalue weighted by atomic mass is 15.2. The first kappa shape index (κ1) is 11.6. The second-order valence-corrected chi connectivity index (χ2v) is 5.33. The van der Waals surface area contributed by atoms with Crippen LogP contribution in [0.15, 0.2) is 30.3 Å². The molecule has 88 valence electrons. The van der Waals surface area contributed by atoms with Crippen LogP contribution in [-0.2, 0) is 6.42 Å². The molecule has 0 amide bonds. The van der Waals surface area contributed by atoms with Gasteiger partial charge in [0, 0.05) is 25.2 Å². The van der Waals surface area contributed by atoms with Gasteiger partial charge >= 0.3 is 0 Å². The zero-order chi connectivity index (χ0) is 11.6. The van der Waals surface area contributed by atoms with E-state index in [9.17, 15) is 0 Å². The summed E-state index contributed by atoms with van der Waals surface area (Å²) in [5.74, 6) is 0.584. The van der Waals surface area contributed by atoms with Gasteiger partial charge in [-0.3, -0.25) is 4.90 Å². The SMILES string of the molecule is CC(C)C1(N)CN(CCc2ccccc2)C1. The maximum absolute atomic E-state index is 6.26. The molecule has 1 aliphatic rings. The smallest absolute Gasteiger partial charge is 0.0435 e. The lowest BCUT2D eigenvalue weighted by molar-refractivity contribution is 0.0390. The summed E-state index contributed by atoms with van der Waals surface area (Å²) in [6, 6.07) is 10.7. The highest BCUT2D eigenvalue weighted by Gasteiger charge is 2.41. The van der Waals surface area contributed by atoms with Gasteiger partial charge in [0.05, 0.1) is 0 Å². The second kappa shape index (κ2) is 4.56. The Balaban J connectivity index is 1.75. The average Bonchev–Trinajstić information content (AvgIpc) is 2.24. The second-order valence-electron chi connectivity index (χ2n) is 5.33. The van der Waals surface area contributed by atoms with Crippen molar-refractivity contribution < 1.29 is 0 Å². The molecular formula is C14H22N2. The quantitative estimate of drug-likeness (QED) is 0.836. The first-order valence-electron chi connectivity index (χ1n) is 6.15. The van der Waals surface area contributed by atoms with Crippen molar-refractivity contribution in [2.45, 2.75) is 25.8 Å². The third kappa shape index (κ3) is 2.45. The third-order valence-corrected chi connectivity index (χ3v) is 3.75. The third-order valence-electron chi connectivity index (χ3n) is 3.75. The largest absolute Gasteiger partial charge is 0.323 e. The minimum atomic E-state index is 0.0662. The molecule has 2 nitrogen and oxygen atoms in total. The predicted molar refractivity (Wildman–Crippen MR) is 68.3 cm³/mol. The van der Waals surface area contributed by atoms with Crippen LogP contribution in [0, 0.1) is 5.92 Å². The molecular weight excluding hydrogens is 196 g/mol. The van der Waals surface area contributed by atoms with Crippen LogP contribution in [0.2, 0.25) is 0 Å². The Bertz CT molecular complexity index is 326. The van der Waals surface area contributed by atoms with Crippen molar-refractivity contribution in [1.82, 2.24) is 4.90 Å². The lowest BCUT2D eigenvalue weighted by Crippen LogP contribution is -2.70. The van der Waals surface area contributed by atoms with Crippen LogP contribution in [0.25, 0.3) is 0 Å². The number of nitrogens with zero attached hydrogens (tertiary/aromatic N) is 1. The number of hydrogen-bond acceptors (Lipinski definition) is 2. The molecule has 1 heterocycles. The lowest BCUT2D eigenvalue weighted by atomic mass is 9.80. The van der Waals surface area contributed by atoms with Crippen LogP contribution in [-0.4, -0.2) is 30.1 Å². The maximum atomic E-state index is 6.26. The molecule has 1 aromatic carbocycles. The van der Waals surface area contributed by atoms with Crippen LogP contribution in [0.1, 0.15) is 19.4 Å². The number of hydrogen-bond donors (Lipinski definition) is 1. The van der Waals surface area contributed by atoms with Gasteiger partial charge in [-0.15, -0.1) is 0 Å². The van der Waals surface area contributed by atoms with Crippen molar-refractivity contribution in [3.63, 3.8) is 0 Å². The Hall–Kier alpha value is -0.860. The fraction of sp³-hybridized carbons (Fsp3) is 0.571. The van der Waals surface area contributed by atoms with Crippen LogP contribution < -0.4 is 5.73 Å². The molecule has 2 N–H and O–H groups in total. The topological polar surface area (TPSA) is 29.3 Å². The molecule has 16 heavy (non-hydrogen) atoms. The van der Waals surface area contributed by atoms with E-state index in [0.29, 0.717) is 5.92 Å². The molecule has 1 aromatic rings. The summed E-state index contributed by atoms with van der Waals surface area (Å²) in [5, 5.41) is 0.